The molecule has 0 radical (unpaired) electrons. The summed E-state index contributed by atoms with van der Waals surface area (Å²) in [6.07, 6.45) is 1.04. The molecule has 3 rings (SSSR count). The Hall–Kier alpha value is -2.35. The van der Waals surface area contributed by atoms with E-state index < -0.39 is 0 Å². The monoisotopic (exact) mass is 443 g/mol. The Balaban J connectivity index is 1.67. The molecule has 0 unspecified atom stereocenters. The molecule has 0 atom stereocenters. The van der Waals surface area contributed by atoms with E-state index in [0.29, 0.717) is 0 Å². The van der Waals surface area contributed by atoms with Crippen molar-refractivity contribution < 1.29 is 14.2 Å². The molecular weight excluding hydrogens is 410 g/mol. The molecule has 6 nitrogen and oxygen atoms in total. The van der Waals surface area contributed by atoms with E-state index in [1.54, 1.807) is 14.2 Å². The van der Waals surface area contributed by atoms with E-state index in [4.69, 9.17) is 26.4 Å². The fourth-order valence-electron chi connectivity index (χ4n) is 3.65. The number of hydrogen-bond acceptors (Lipinski definition) is 5. The number of ether oxygens (including phenoxy) is 3. The van der Waals surface area contributed by atoms with Crippen LogP contribution in [-0.4, -0.2) is 68.5 Å². The van der Waals surface area contributed by atoms with E-state index in [2.05, 4.69) is 34.2 Å². The van der Waals surface area contributed by atoms with Gasteiger partial charge in [-0.1, -0.05) is 12.1 Å². The second kappa shape index (κ2) is 11.9. The van der Waals surface area contributed by atoms with Crippen LogP contribution in [0, 0.1) is 6.92 Å². The first kappa shape index (κ1) is 23.3. The maximum atomic E-state index is 5.83. The van der Waals surface area contributed by atoms with E-state index in [-0.39, 0.29) is 0 Å². The maximum Gasteiger partial charge on any atom is 0.173 e. The van der Waals surface area contributed by atoms with Crippen LogP contribution in [0.5, 0.6) is 11.5 Å². The number of methoxy groups -OCH3 is 2. The lowest BCUT2D eigenvalue weighted by molar-refractivity contribution is 0.0368. The molecule has 0 saturated carbocycles. The highest BCUT2D eigenvalue weighted by atomic mass is 32.1. The summed E-state index contributed by atoms with van der Waals surface area (Å²) in [5.74, 6) is 1.70. The summed E-state index contributed by atoms with van der Waals surface area (Å²) in [4.78, 5) is 4.69. The summed E-state index contributed by atoms with van der Waals surface area (Å²) in [7, 11) is 3.37. The van der Waals surface area contributed by atoms with Crippen LogP contribution >= 0.6 is 12.2 Å². The summed E-state index contributed by atoms with van der Waals surface area (Å²) in [5.41, 5.74) is 3.26. The van der Waals surface area contributed by atoms with Crippen molar-refractivity contribution in [3.05, 3.63) is 53.6 Å². The highest BCUT2D eigenvalue weighted by molar-refractivity contribution is 7.80. The number of benzene rings is 2. The van der Waals surface area contributed by atoms with Crippen molar-refractivity contribution in [3.63, 3.8) is 0 Å². The molecular formula is C24H33N3O3S. The van der Waals surface area contributed by atoms with Crippen LogP contribution in [0.1, 0.15) is 17.5 Å². The minimum absolute atomic E-state index is 0.720. The first-order valence-electron chi connectivity index (χ1n) is 10.7. The summed E-state index contributed by atoms with van der Waals surface area (Å²) in [6.45, 7) is 8.35. The molecule has 1 N–H and O–H groups in total. The van der Waals surface area contributed by atoms with Crippen molar-refractivity contribution >= 4 is 23.0 Å². The third-order valence-electron chi connectivity index (χ3n) is 5.48. The molecule has 0 aromatic heterocycles. The number of rotatable bonds is 9. The molecule has 31 heavy (non-hydrogen) atoms. The molecule has 1 fully saturated rings. The predicted molar refractivity (Wildman–Crippen MR) is 129 cm³/mol. The fraction of sp³-hybridized carbons (Fsp3) is 0.458. The summed E-state index contributed by atoms with van der Waals surface area (Å²) < 4.78 is 16.2. The zero-order valence-electron chi connectivity index (χ0n) is 18.7. The van der Waals surface area contributed by atoms with Crippen LogP contribution in [0.3, 0.4) is 0 Å². The van der Waals surface area contributed by atoms with Gasteiger partial charge in [0.1, 0.15) is 11.5 Å². The number of thiocarbonyl (C=S) groups is 1. The SMILES string of the molecule is COc1cccc(CN(CCCN2CCOCC2)C(=S)Nc2ccc(OC)cc2C)c1. The average Bonchev–Trinajstić information content (AvgIpc) is 2.80. The van der Waals surface area contributed by atoms with Crippen molar-refractivity contribution in [1.82, 2.24) is 9.80 Å². The molecule has 1 aliphatic heterocycles. The molecule has 1 aliphatic rings. The van der Waals surface area contributed by atoms with Crippen molar-refractivity contribution in [2.24, 2.45) is 0 Å². The number of nitrogens with zero attached hydrogens (tertiary/aromatic N) is 2. The van der Waals surface area contributed by atoms with Crippen LogP contribution in [-0.2, 0) is 11.3 Å². The molecule has 0 bridgehead atoms. The lowest BCUT2D eigenvalue weighted by Crippen LogP contribution is -2.40. The van der Waals surface area contributed by atoms with Crippen LogP contribution in [0.15, 0.2) is 42.5 Å². The van der Waals surface area contributed by atoms with Gasteiger partial charge in [-0.05, 0) is 67.0 Å². The first-order valence-corrected chi connectivity index (χ1v) is 11.1. The van der Waals surface area contributed by atoms with Gasteiger partial charge in [-0.2, -0.15) is 0 Å². The van der Waals surface area contributed by atoms with Crippen molar-refractivity contribution in [3.8, 4) is 11.5 Å². The van der Waals surface area contributed by atoms with E-state index in [1.807, 2.05) is 30.3 Å². The zero-order chi connectivity index (χ0) is 22.1. The lowest BCUT2D eigenvalue weighted by atomic mass is 10.2. The van der Waals surface area contributed by atoms with E-state index in [9.17, 15) is 0 Å². The Bertz CT molecular complexity index is 856. The van der Waals surface area contributed by atoms with Crippen molar-refractivity contribution in [2.45, 2.75) is 19.9 Å². The van der Waals surface area contributed by atoms with Gasteiger partial charge in [0, 0.05) is 38.4 Å². The van der Waals surface area contributed by atoms with Gasteiger partial charge in [0.15, 0.2) is 5.11 Å². The highest BCUT2D eigenvalue weighted by Gasteiger charge is 2.15. The van der Waals surface area contributed by atoms with E-state index in [0.717, 1.165) is 80.2 Å². The molecule has 1 saturated heterocycles. The second-order valence-electron chi connectivity index (χ2n) is 7.69. The van der Waals surface area contributed by atoms with E-state index in [1.165, 1.54) is 5.56 Å². The fourth-order valence-corrected chi connectivity index (χ4v) is 3.92. The largest absolute Gasteiger partial charge is 0.497 e. The smallest absolute Gasteiger partial charge is 0.173 e. The van der Waals surface area contributed by atoms with Gasteiger partial charge in [0.05, 0.1) is 27.4 Å². The molecule has 168 valence electrons. The normalized spacial score (nSPS) is 14.2. The van der Waals surface area contributed by atoms with Gasteiger partial charge in [0.25, 0.3) is 0 Å². The highest BCUT2D eigenvalue weighted by Crippen LogP contribution is 2.22. The molecule has 0 amide bonds. The Morgan fingerprint density at radius 1 is 1.10 bits per heavy atom. The Kier molecular flexibility index (Phi) is 8.94. The predicted octanol–water partition coefficient (Wildman–Crippen LogP) is 3.93. The van der Waals surface area contributed by atoms with Crippen LogP contribution in [0.4, 0.5) is 5.69 Å². The summed E-state index contributed by atoms with van der Waals surface area (Å²) in [6, 6.07) is 14.1. The molecule has 2 aromatic rings. The standard InChI is InChI=1S/C24H33N3O3S/c1-19-16-22(29-3)8-9-23(19)25-24(31)27(11-5-10-26-12-14-30-15-13-26)18-20-6-4-7-21(17-20)28-2/h4,6-9,16-17H,5,10-15,18H2,1-3H3,(H,25,31). The van der Waals surface area contributed by atoms with Crippen LogP contribution < -0.4 is 14.8 Å². The Morgan fingerprint density at radius 3 is 2.55 bits per heavy atom. The van der Waals surface area contributed by atoms with Crippen LogP contribution in [0.25, 0.3) is 0 Å². The van der Waals surface area contributed by atoms with Gasteiger partial charge < -0.3 is 24.4 Å². The van der Waals surface area contributed by atoms with Crippen LogP contribution in [0.2, 0.25) is 0 Å². The third kappa shape index (κ3) is 7.09. The topological polar surface area (TPSA) is 46.2 Å². The Morgan fingerprint density at radius 2 is 1.84 bits per heavy atom. The third-order valence-corrected chi connectivity index (χ3v) is 5.84. The minimum atomic E-state index is 0.720. The molecule has 1 heterocycles. The number of morpholine rings is 1. The first-order chi connectivity index (χ1) is 15.1. The quantitative estimate of drug-likeness (QED) is 0.589. The molecule has 7 heteroatoms. The lowest BCUT2D eigenvalue weighted by Gasteiger charge is -2.30. The number of nitrogens with one attached hydrogen (secondary N) is 1. The second-order valence-corrected chi connectivity index (χ2v) is 8.08. The van der Waals surface area contributed by atoms with Gasteiger partial charge in [-0.25, -0.2) is 0 Å². The average molecular weight is 444 g/mol. The van der Waals surface area contributed by atoms with Crippen molar-refractivity contribution in [2.75, 3.05) is 58.9 Å². The van der Waals surface area contributed by atoms with Gasteiger partial charge >= 0.3 is 0 Å². The molecule has 0 aliphatic carbocycles. The summed E-state index contributed by atoms with van der Waals surface area (Å²) in [5, 5.41) is 4.16. The zero-order valence-corrected chi connectivity index (χ0v) is 19.5. The minimum Gasteiger partial charge on any atom is -0.497 e. The number of hydrogen-bond donors (Lipinski definition) is 1. The van der Waals surface area contributed by atoms with Gasteiger partial charge in [-0.3, -0.25) is 4.90 Å². The maximum absolute atomic E-state index is 5.83. The van der Waals surface area contributed by atoms with Gasteiger partial charge in [0.2, 0.25) is 0 Å². The Labute approximate surface area is 191 Å². The van der Waals surface area contributed by atoms with E-state index >= 15 is 0 Å². The number of aryl methyl sites for hydroxylation is 1. The number of anilines is 1. The molecule has 2 aromatic carbocycles. The van der Waals surface area contributed by atoms with Gasteiger partial charge in [-0.15, -0.1) is 0 Å². The molecule has 0 spiro atoms. The van der Waals surface area contributed by atoms with Crippen molar-refractivity contribution in [1.29, 1.82) is 0 Å². The summed E-state index contributed by atoms with van der Waals surface area (Å²) >= 11 is 5.83.